The third-order valence-corrected chi connectivity index (χ3v) is 2.44. The largest absolute Gasteiger partial charge is 0.492 e. The number of rotatable bonds is 3. The molecule has 0 radical (unpaired) electrons. The Labute approximate surface area is 93.8 Å². The van der Waals surface area contributed by atoms with E-state index in [-0.39, 0.29) is 0 Å². The van der Waals surface area contributed by atoms with Crippen LogP contribution in [0, 0.1) is 5.41 Å². The van der Waals surface area contributed by atoms with E-state index >= 15 is 0 Å². The van der Waals surface area contributed by atoms with Crippen LogP contribution < -0.4 is 4.74 Å². The molecule has 1 aromatic rings. The van der Waals surface area contributed by atoms with Gasteiger partial charge in [0.1, 0.15) is 5.75 Å². The predicted molar refractivity (Wildman–Crippen MR) is 61.5 cm³/mol. The number of aromatic nitrogens is 1. The summed E-state index contributed by atoms with van der Waals surface area (Å²) < 4.78 is 6.54. The molecule has 0 aliphatic rings. The zero-order chi connectivity index (χ0) is 10.6. The molecule has 3 heteroatoms. The van der Waals surface area contributed by atoms with Crippen LogP contribution in [0.3, 0.4) is 0 Å². The summed E-state index contributed by atoms with van der Waals surface area (Å²) in [5.74, 6) is 0.865. The molecule has 0 amide bonds. The number of pyridine rings is 1. The number of ether oxygens (including phenoxy) is 1. The summed E-state index contributed by atoms with van der Waals surface area (Å²) in [5, 5.41) is 0. The molecule has 78 valence electrons. The molecule has 0 atom stereocenters. The van der Waals surface area contributed by atoms with Gasteiger partial charge < -0.3 is 4.74 Å². The van der Waals surface area contributed by atoms with E-state index < -0.39 is 0 Å². The lowest BCUT2D eigenvalue weighted by atomic mass is 9.93. The fraction of sp³-hybridized carbons (Fsp3) is 0.545. The predicted octanol–water partition coefficient (Wildman–Crippen LogP) is 3.66. The molecule has 1 aromatic heterocycles. The van der Waals surface area contributed by atoms with Crippen LogP contribution >= 0.6 is 15.9 Å². The van der Waals surface area contributed by atoms with Crippen molar-refractivity contribution < 1.29 is 4.74 Å². The smallest absolute Gasteiger partial charge is 0.136 e. The average molecular weight is 258 g/mol. The summed E-state index contributed by atoms with van der Waals surface area (Å²) in [5.41, 5.74) is 0.319. The highest BCUT2D eigenvalue weighted by molar-refractivity contribution is 9.10. The highest BCUT2D eigenvalue weighted by atomic mass is 79.9. The number of hydrogen-bond acceptors (Lipinski definition) is 2. The summed E-state index contributed by atoms with van der Waals surface area (Å²) in [6, 6.07) is 1.87. The molecular weight excluding hydrogens is 242 g/mol. The van der Waals surface area contributed by atoms with E-state index in [2.05, 4.69) is 41.7 Å². The van der Waals surface area contributed by atoms with Gasteiger partial charge in [0.05, 0.1) is 11.1 Å². The van der Waals surface area contributed by atoms with Crippen molar-refractivity contribution in [1.82, 2.24) is 4.98 Å². The van der Waals surface area contributed by atoms with Crippen molar-refractivity contribution in [1.29, 1.82) is 0 Å². The fourth-order valence-electron chi connectivity index (χ4n) is 0.947. The van der Waals surface area contributed by atoms with Crippen molar-refractivity contribution in [3.05, 3.63) is 22.9 Å². The third-order valence-electron chi connectivity index (χ3n) is 1.84. The van der Waals surface area contributed by atoms with Crippen LogP contribution in [0.2, 0.25) is 0 Å². The minimum atomic E-state index is 0.319. The summed E-state index contributed by atoms with van der Waals surface area (Å²) >= 11 is 3.39. The first-order valence-electron chi connectivity index (χ1n) is 4.71. The maximum atomic E-state index is 5.63. The van der Waals surface area contributed by atoms with Crippen LogP contribution in [0.4, 0.5) is 0 Å². The maximum Gasteiger partial charge on any atom is 0.136 e. The molecule has 1 heterocycles. The van der Waals surface area contributed by atoms with E-state index in [1.165, 1.54) is 0 Å². The maximum absolute atomic E-state index is 5.63. The van der Waals surface area contributed by atoms with Crippen molar-refractivity contribution in [3.63, 3.8) is 0 Å². The van der Waals surface area contributed by atoms with Gasteiger partial charge in [-0.1, -0.05) is 20.8 Å². The van der Waals surface area contributed by atoms with Gasteiger partial charge in [-0.2, -0.15) is 0 Å². The Bertz CT molecular complexity index is 294. The van der Waals surface area contributed by atoms with Gasteiger partial charge in [-0.05, 0) is 33.8 Å². The molecule has 0 unspecified atom stereocenters. The van der Waals surface area contributed by atoms with Crippen LogP contribution in [0.15, 0.2) is 22.9 Å². The second-order valence-electron chi connectivity index (χ2n) is 4.47. The number of hydrogen-bond donors (Lipinski definition) is 0. The van der Waals surface area contributed by atoms with Gasteiger partial charge in [0.2, 0.25) is 0 Å². The zero-order valence-electron chi connectivity index (χ0n) is 8.88. The molecule has 14 heavy (non-hydrogen) atoms. The Morgan fingerprint density at radius 2 is 2.14 bits per heavy atom. The summed E-state index contributed by atoms with van der Waals surface area (Å²) in [7, 11) is 0. The lowest BCUT2D eigenvalue weighted by molar-refractivity contribution is 0.242. The van der Waals surface area contributed by atoms with Crippen molar-refractivity contribution in [2.75, 3.05) is 6.61 Å². The first kappa shape index (κ1) is 11.5. The second-order valence-corrected chi connectivity index (χ2v) is 5.32. The molecular formula is C11H16BrNO. The monoisotopic (exact) mass is 257 g/mol. The van der Waals surface area contributed by atoms with Gasteiger partial charge in [0.15, 0.2) is 0 Å². The average Bonchev–Trinajstić information content (AvgIpc) is 2.06. The van der Waals surface area contributed by atoms with Crippen LogP contribution in [0.1, 0.15) is 27.2 Å². The van der Waals surface area contributed by atoms with Gasteiger partial charge in [-0.3, -0.25) is 4.98 Å². The molecule has 0 saturated heterocycles. The molecule has 0 saturated carbocycles. The van der Waals surface area contributed by atoms with Gasteiger partial charge in [0.25, 0.3) is 0 Å². The van der Waals surface area contributed by atoms with Gasteiger partial charge in [-0.25, -0.2) is 0 Å². The van der Waals surface area contributed by atoms with Crippen molar-refractivity contribution in [2.45, 2.75) is 27.2 Å². The summed E-state index contributed by atoms with van der Waals surface area (Å²) in [6.07, 6.45) is 4.52. The first-order valence-corrected chi connectivity index (χ1v) is 5.51. The molecule has 0 aromatic carbocycles. The topological polar surface area (TPSA) is 22.1 Å². The first-order chi connectivity index (χ1) is 6.49. The lowest BCUT2D eigenvalue weighted by Crippen LogP contribution is -2.11. The Hall–Kier alpha value is -0.570. The van der Waals surface area contributed by atoms with E-state index in [1.807, 2.05) is 6.07 Å². The molecule has 2 nitrogen and oxygen atoms in total. The standard InChI is InChI=1S/C11H16BrNO/c1-11(2,3)5-7-14-10-4-6-13-8-9(10)12/h4,6,8H,5,7H2,1-3H3. The molecule has 0 aliphatic carbocycles. The van der Waals surface area contributed by atoms with Crippen LogP contribution in [0.5, 0.6) is 5.75 Å². The highest BCUT2D eigenvalue weighted by Gasteiger charge is 2.10. The number of halogens is 1. The Morgan fingerprint density at radius 1 is 1.43 bits per heavy atom. The van der Waals surface area contributed by atoms with Crippen LogP contribution in [-0.2, 0) is 0 Å². The van der Waals surface area contributed by atoms with Gasteiger partial charge >= 0.3 is 0 Å². The Kier molecular flexibility index (Phi) is 3.93. The quantitative estimate of drug-likeness (QED) is 0.825. The normalized spacial score (nSPS) is 11.4. The molecule has 1 rings (SSSR count). The minimum Gasteiger partial charge on any atom is -0.492 e. The summed E-state index contributed by atoms with van der Waals surface area (Å²) in [6.45, 7) is 7.36. The fourth-order valence-corrected chi connectivity index (χ4v) is 1.31. The van der Waals surface area contributed by atoms with E-state index in [9.17, 15) is 0 Å². The van der Waals surface area contributed by atoms with Crippen LogP contribution in [0.25, 0.3) is 0 Å². The van der Waals surface area contributed by atoms with Crippen molar-refractivity contribution in [2.24, 2.45) is 5.41 Å². The summed E-state index contributed by atoms with van der Waals surface area (Å²) in [4.78, 5) is 3.97. The molecule has 0 fully saturated rings. The minimum absolute atomic E-state index is 0.319. The van der Waals surface area contributed by atoms with E-state index in [1.54, 1.807) is 12.4 Å². The lowest BCUT2D eigenvalue weighted by Gasteiger charge is -2.18. The van der Waals surface area contributed by atoms with E-state index in [0.717, 1.165) is 23.2 Å². The van der Waals surface area contributed by atoms with E-state index in [0.29, 0.717) is 5.41 Å². The van der Waals surface area contributed by atoms with Gasteiger partial charge in [0, 0.05) is 12.4 Å². The SMILES string of the molecule is CC(C)(C)CCOc1ccncc1Br. The molecule has 0 spiro atoms. The molecule has 0 bridgehead atoms. The van der Waals surface area contributed by atoms with Crippen molar-refractivity contribution >= 4 is 15.9 Å². The second kappa shape index (κ2) is 4.78. The molecule has 0 aliphatic heterocycles. The van der Waals surface area contributed by atoms with E-state index in [4.69, 9.17) is 4.74 Å². The highest BCUT2D eigenvalue weighted by Crippen LogP contribution is 2.24. The number of nitrogens with zero attached hydrogens (tertiary/aromatic N) is 1. The zero-order valence-corrected chi connectivity index (χ0v) is 10.5. The molecule has 0 N–H and O–H groups in total. The van der Waals surface area contributed by atoms with Gasteiger partial charge in [-0.15, -0.1) is 0 Å². The van der Waals surface area contributed by atoms with Crippen molar-refractivity contribution in [3.8, 4) is 5.75 Å². The Morgan fingerprint density at radius 3 is 2.71 bits per heavy atom. The Balaban J connectivity index is 2.43. The third kappa shape index (κ3) is 4.09. The van der Waals surface area contributed by atoms with Crippen LogP contribution in [-0.4, -0.2) is 11.6 Å².